The largest absolute Gasteiger partial charge is 0.394 e. The first-order chi connectivity index (χ1) is 8.70. The summed E-state index contributed by atoms with van der Waals surface area (Å²) in [6.07, 6.45) is 3.13. The van der Waals surface area contributed by atoms with Gasteiger partial charge in [0.15, 0.2) is 5.82 Å². The summed E-state index contributed by atoms with van der Waals surface area (Å²) in [5.41, 5.74) is 8.51. The fourth-order valence-electron chi connectivity index (χ4n) is 1.82. The van der Waals surface area contributed by atoms with E-state index in [1.165, 1.54) is 6.33 Å². The molecule has 2 aromatic heterocycles. The summed E-state index contributed by atoms with van der Waals surface area (Å²) >= 11 is 0. The van der Waals surface area contributed by atoms with Gasteiger partial charge >= 0.3 is 0 Å². The topological polar surface area (TPSA) is 67.9 Å². The first-order valence-electron chi connectivity index (χ1n) is 5.93. The van der Waals surface area contributed by atoms with E-state index in [1.807, 2.05) is 25.1 Å². The van der Waals surface area contributed by atoms with E-state index in [0.717, 1.165) is 23.8 Å². The van der Waals surface area contributed by atoms with Crippen LogP contribution in [0.3, 0.4) is 0 Å². The molecule has 5 nitrogen and oxygen atoms in total. The zero-order valence-corrected chi connectivity index (χ0v) is 10.7. The maximum atomic E-state index is 5.89. The molecule has 94 valence electrons. The van der Waals surface area contributed by atoms with Gasteiger partial charge in [-0.15, -0.1) is 0 Å². The van der Waals surface area contributed by atoms with E-state index >= 15 is 0 Å². The second kappa shape index (κ2) is 5.44. The first kappa shape index (κ1) is 12.3. The van der Waals surface area contributed by atoms with Gasteiger partial charge in [-0.1, -0.05) is 6.07 Å². The third-order valence-electron chi connectivity index (χ3n) is 2.70. The predicted molar refractivity (Wildman–Crippen MR) is 72.1 cm³/mol. The van der Waals surface area contributed by atoms with Crippen molar-refractivity contribution in [1.29, 1.82) is 0 Å². The van der Waals surface area contributed by atoms with Crippen molar-refractivity contribution in [2.75, 3.05) is 17.2 Å². The number of pyridine rings is 1. The van der Waals surface area contributed by atoms with Gasteiger partial charge in [0.25, 0.3) is 0 Å². The normalized spacial score (nSPS) is 10.3. The van der Waals surface area contributed by atoms with E-state index in [4.69, 9.17) is 5.73 Å². The van der Waals surface area contributed by atoms with E-state index in [9.17, 15) is 0 Å². The summed E-state index contributed by atoms with van der Waals surface area (Å²) in [5.74, 6) is 0.760. The van der Waals surface area contributed by atoms with Crippen molar-refractivity contribution in [3.8, 4) is 0 Å². The molecule has 2 N–H and O–H groups in total. The van der Waals surface area contributed by atoms with Crippen LogP contribution in [-0.4, -0.2) is 21.5 Å². The zero-order chi connectivity index (χ0) is 13.0. The molecule has 18 heavy (non-hydrogen) atoms. The number of aromatic nitrogens is 3. The smallest absolute Gasteiger partial charge is 0.155 e. The Kier molecular flexibility index (Phi) is 3.72. The first-order valence-corrected chi connectivity index (χ1v) is 5.93. The fraction of sp³-hybridized carbons (Fsp3) is 0.308. The Balaban J connectivity index is 2.23. The Morgan fingerprint density at radius 3 is 2.83 bits per heavy atom. The van der Waals surface area contributed by atoms with Crippen LogP contribution in [0, 0.1) is 6.92 Å². The number of aryl methyl sites for hydroxylation is 1. The highest BCUT2D eigenvalue weighted by Crippen LogP contribution is 2.19. The van der Waals surface area contributed by atoms with Gasteiger partial charge in [-0.05, 0) is 26.0 Å². The van der Waals surface area contributed by atoms with Gasteiger partial charge < -0.3 is 10.6 Å². The van der Waals surface area contributed by atoms with Crippen LogP contribution < -0.4 is 10.6 Å². The number of nitrogen functional groups attached to an aromatic ring is 1. The summed E-state index contributed by atoms with van der Waals surface area (Å²) in [5, 5.41) is 0. The molecular formula is C13H17N5. The highest BCUT2D eigenvalue weighted by Gasteiger charge is 2.10. The summed E-state index contributed by atoms with van der Waals surface area (Å²) in [7, 11) is 0. The fourth-order valence-corrected chi connectivity index (χ4v) is 1.82. The minimum atomic E-state index is 0.590. The molecule has 0 aliphatic rings. The molecule has 0 aliphatic carbocycles. The second-order valence-electron chi connectivity index (χ2n) is 4.09. The number of hydrogen-bond acceptors (Lipinski definition) is 5. The van der Waals surface area contributed by atoms with Crippen molar-refractivity contribution >= 4 is 11.5 Å². The van der Waals surface area contributed by atoms with Gasteiger partial charge in [-0.3, -0.25) is 4.98 Å². The van der Waals surface area contributed by atoms with Crippen LogP contribution in [0.4, 0.5) is 11.5 Å². The van der Waals surface area contributed by atoms with E-state index in [0.29, 0.717) is 12.2 Å². The molecule has 0 amide bonds. The van der Waals surface area contributed by atoms with Crippen LogP contribution in [0.1, 0.15) is 18.3 Å². The minimum Gasteiger partial charge on any atom is -0.394 e. The summed E-state index contributed by atoms with van der Waals surface area (Å²) in [4.78, 5) is 14.7. The van der Waals surface area contributed by atoms with Gasteiger partial charge in [0.2, 0.25) is 0 Å². The molecule has 0 saturated heterocycles. The predicted octanol–water partition coefficient (Wildman–Crippen LogP) is 1.79. The molecule has 2 heterocycles. The van der Waals surface area contributed by atoms with Crippen molar-refractivity contribution in [2.24, 2.45) is 0 Å². The van der Waals surface area contributed by atoms with Gasteiger partial charge in [0, 0.05) is 12.2 Å². The molecule has 0 saturated carbocycles. The lowest BCUT2D eigenvalue weighted by Crippen LogP contribution is -2.24. The molecule has 5 heteroatoms. The van der Waals surface area contributed by atoms with E-state index < -0.39 is 0 Å². The second-order valence-corrected chi connectivity index (χ2v) is 4.09. The van der Waals surface area contributed by atoms with Gasteiger partial charge in [-0.25, -0.2) is 9.97 Å². The molecule has 2 aromatic rings. The maximum Gasteiger partial charge on any atom is 0.155 e. The Bertz CT molecular complexity index is 526. The minimum absolute atomic E-state index is 0.590. The SMILES string of the molecule is CCN(Cc1cccc(C)n1)c1ncncc1N. The molecule has 0 radical (unpaired) electrons. The van der Waals surface area contributed by atoms with Crippen LogP contribution in [0.15, 0.2) is 30.7 Å². The summed E-state index contributed by atoms with van der Waals surface area (Å²) < 4.78 is 0. The molecule has 0 unspecified atom stereocenters. The van der Waals surface area contributed by atoms with E-state index in [1.54, 1.807) is 6.20 Å². The van der Waals surface area contributed by atoms with Gasteiger partial charge in [-0.2, -0.15) is 0 Å². The summed E-state index contributed by atoms with van der Waals surface area (Å²) in [6, 6.07) is 6.00. The van der Waals surface area contributed by atoms with E-state index in [-0.39, 0.29) is 0 Å². The number of nitrogens with two attached hydrogens (primary N) is 1. The molecule has 0 aliphatic heterocycles. The molecule has 0 atom stereocenters. The number of rotatable bonds is 4. The van der Waals surface area contributed by atoms with Gasteiger partial charge in [0.05, 0.1) is 24.1 Å². The third-order valence-corrected chi connectivity index (χ3v) is 2.70. The van der Waals surface area contributed by atoms with Crippen molar-refractivity contribution in [3.63, 3.8) is 0 Å². The molecule has 2 rings (SSSR count). The van der Waals surface area contributed by atoms with Crippen LogP contribution in [-0.2, 0) is 6.54 Å². The van der Waals surface area contributed by atoms with Crippen molar-refractivity contribution < 1.29 is 0 Å². The maximum absolute atomic E-state index is 5.89. The standard InChI is InChI=1S/C13H17N5/c1-3-18(13-12(14)7-15-9-16-13)8-11-6-4-5-10(2)17-11/h4-7,9H,3,8,14H2,1-2H3. The molecular weight excluding hydrogens is 226 g/mol. The van der Waals surface area contributed by atoms with Gasteiger partial charge in [0.1, 0.15) is 6.33 Å². The third kappa shape index (κ3) is 2.74. The van der Waals surface area contributed by atoms with Crippen molar-refractivity contribution in [1.82, 2.24) is 15.0 Å². The average molecular weight is 243 g/mol. The Morgan fingerprint density at radius 1 is 1.33 bits per heavy atom. The van der Waals surface area contributed by atoms with Crippen LogP contribution in [0.5, 0.6) is 0 Å². The van der Waals surface area contributed by atoms with Crippen LogP contribution >= 0.6 is 0 Å². The Labute approximate surface area is 107 Å². The Hall–Kier alpha value is -2.17. The van der Waals surface area contributed by atoms with Crippen LogP contribution in [0.2, 0.25) is 0 Å². The molecule has 0 spiro atoms. The number of hydrogen-bond donors (Lipinski definition) is 1. The summed E-state index contributed by atoms with van der Waals surface area (Å²) in [6.45, 7) is 5.56. The zero-order valence-electron chi connectivity index (χ0n) is 10.7. The monoisotopic (exact) mass is 243 g/mol. The highest BCUT2D eigenvalue weighted by molar-refractivity contribution is 5.60. The number of nitrogens with zero attached hydrogens (tertiary/aromatic N) is 4. The van der Waals surface area contributed by atoms with Crippen LogP contribution in [0.25, 0.3) is 0 Å². The van der Waals surface area contributed by atoms with Crippen molar-refractivity contribution in [2.45, 2.75) is 20.4 Å². The quantitative estimate of drug-likeness (QED) is 0.886. The molecule has 0 bridgehead atoms. The lowest BCUT2D eigenvalue weighted by atomic mass is 10.3. The average Bonchev–Trinajstić information content (AvgIpc) is 2.37. The lowest BCUT2D eigenvalue weighted by Gasteiger charge is -2.22. The van der Waals surface area contributed by atoms with E-state index in [2.05, 4.69) is 26.8 Å². The lowest BCUT2D eigenvalue weighted by molar-refractivity contribution is 0.789. The molecule has 0 fully saturated rings. The van der Waals surface area contributed by atoms with Crippen molar-refractivity contribution in [3.05, 3.63) is 42.1 Å². The highest BCUT2D eigenvalue weighted by atomic mass is 15.2. The number of anilines is 2. The Morgan fingerprint density at radius 2 is 2.17 bits per heavy atom. The molecule has 0 aromatic carbocycles.